The second-order valence-electron chi connectivity index (χ2n) is 3.99. The zero-order valence-corrected chi connectivity index (χ0v) is 13.2. The van der Waals surface area contributed by atoms with Crippen LogP contribution in [0, 0.1) is 6.92 Å². The van der Waals surface area contributed by atoms with Crippen LogP contribution in [0.3, 0.4) is 0 Å². The van der Waals surface area contributed by atoms with Crippen LogP contribution >= 0.6 is 24.0 Å². The molecule has 1 aromatic rings. The minimum absolute atomic E-state index is 0.0188. The molecule has 0 radical (unpaired) electrons. The highest BCUT2D eigenvalue weighted by atomic mass is 32.2. The summed E-state index contributed by atoms with van der Waals surface area (Å²) >= 11 is 6.30. The number of benzene rings is 1. The molecule has 0 saturated carbocycles. The molecule has 0 spiro atoms. The summed E-state index contributed by atoms with van der Waals surface area (Å²) in [6.45, 7) is 6.15. The number of thiocarbonyl (C=S) groups is 1. The van der Waals surface area contributed by atoms with E-state index in [0.29, 0.717) is 16.6 Å². The molecule has 104 valence electrons. The maximum Gasteiger partial charge on any atom is 0.220 e. The van der Waals surface area contributed by atoms with Gasteiger partial charge in [0.2, 0.25) is 4.38 Å². The van der Waals surface area contributed by atoms with E-state index in [1.54, 1.807) is 19.2 Å². The minimum Gasteiger partial charge on any atom is -0.496 e. The Morgan fingerprint density at radius 1 is 1.47 bits per heavy atom. The highest BCUT2D eigenvalue weighted by Gasteiger charge is 2.19. The number of aryl methyl sites for hydroxylation is 1. The molecule has 1 aromatic carbocycles. The zero-order valence-electron chi connectivity index (χ0n) is 11.6. The van der Waals surface area contributed by atoms with Crippen molar-refractivity contribution in [2.24, 2.45) is 0 Å². The molecule has 0 fully saturated rings. The normalized spacial score (nSPS) is 11.8. The van der Waals surface area contributed by atoms with Crippen LogP contribution in [0.2, 0.25) is 0 Å². The Labute approximate surface area is 123 Å². The van der Waals surface area contributed by atoms with Gasteiger partial charge in [-0.05, 0) is 44.6 Å². The van der Waals surface area contributed by atoms with Gasteiger partial charge in [0.05, 0.1) is 19.0 Å². The Morgan fingerprint density at radius 2 is 2.16 bits per heavy atom. The molecule has 0 aliphatic heterocycles. The van der Waals surface area contributed by atoms with Gasteiger partial charge in [0.1, 0.15) is 5.75 Å². The molecule has 0 amide bonds. The van der Waals surface area contributed by atoms with Gasteiger partial charge in [-0.25, -0.2) is 0 Å². The zero-order chi connectivity index (χ0) is 14.4. The van der Waals surface area contributed by atoms with Crippen LogP contribution in [0.1, 0.15) is 29.8 Å². The van der Waals surface area contributed by atoms with Crippen molar-refractivity contribution in [3.63, 3.8) is 0 Å². The Bertz CT molecular complexity index is 472. The van der Waals surface area contributed by atoms with Gasteiger partial charge in [0.25, 0.3) is 0 Å². The third kappa shape index (κ3) is 4.51. The molecular weight excluding hydrogens is 280 g/mol. The lowest BCUT2D eigenvalue weighted by Gasteiger charge is -2.12. The largest absolute Gasteiger partial charge is 0.496 e. The first-order valence-corrected chi connectivity index (χ1v) is 7.30. The van der Waals surface area contributed by atoms with E-state index >= 15 is 0 Å². The number of Topliss-reactive ketones (excluding diaryl/α,β-unsaturated/α-hetero) is 1. The van der Waals surface area contributed by atoms with Crippen LogP contribution in [0.4, 0.5) is 0 Å². The topological polar surface area (TPSA) is 35.5 Å². The van der Waals surface area contributed by atoms with E-state index in [0.717, 1.165) is 11.3 Å². The molecule has 0 aromatic heterocycles. The van der Waals surface area contributed by atoms with Crippen molar-refractivity contribution < 1.29 is 14.3 Å². The molecule has 1 unspecified atom stereocenters. The van der Waals surface area contributed by atoms with Crippen molar-refractivity contribution in [3.05, 3.63) is 29.3 Å². The third-order valence-electron chi connectivity index (χ3n) is 2.60. The number of hydrogen-bond donors (Lipinski definition) is 0. The van der Waals surface area contributed by atoms with Crippen molar-refractivity contribution in [1.29, 1.82) is 0 Å². The predicted molar refractivity (Wildman–Crippen MR) is 83.3 cm³/mol. The number of thioether (sulfide) groups is 1. The second-order valence-corrected chi connectivity index (χ2v) is 5.93. The van der Waals surface area contributed by atoms with Gasteiger partial charge in [-0.15, -0.1) is 0 Å². The molecule has 0 bridgehead atoms. The Kier molecular flexibility index (Phi) is 6.31. The van der Waals surface area contributed by atoms with Crippen LogP contribution in [-0.2, 0) is 4.74 Å². The van der Waals surface area contributed by atoms with Crippen LogP contribution < -0.4 is 4.74 Å². The number of rotatable bonds is 5. The summed E-state index contributed by atoms with van der Waals surface area (Å²) in [5.74, 6) is 0.737. The highest BCUT2D eigenvalue weighted by Crippen LogP contribution is 2.23. The van der Waals surface area contributed by atoms with E-state index < -0.39 is 0 Å². The smallest absolute Gasteiger partial charge is 0.220 e. The Hall–Kier alpha value is -1.07. The molecule has 19 heavy (non-hydrogen) atoms. The van der Waals surface area contributed by atoms with Crippen molar-refractivity contribution >= 4 is 34.1 Å². The van der Waals surface area contributed by atoms with E-state index in [4.69, 9.17) is 21.7 Å². The van der Waals surface area contributed by atoms with Gasteiger partial charge >= 0.3 is 0 Å². The fourth-order valence-electron chi connectivity index (χ4n) is 1.56. The fraction of sp³-hybridized carbons (Fsp3) is 0.429. The number of hydrogen-bond acceptors (Lipinski definition) is 5. The first-order chi connectivity index (χ1) is 8.99. The summed E-state index contributed by atoms with van der Waals surface area (Å²) in [5, 5.41) is -0.272. The van der Waals surface area contributed by atoms with Crippen LogP contribution in [0.15, 0.2) is 18.2 Å². The van der Waals surface area contributed by atoms with Gasteiger partial charge < -0.3 is 9.47 Å². The van der Waals surface area contributed by atoms with Crippen molar-refractivity contribution in [1.82, 2.24) is 0 Å². The maximum atomic E-state index is 12.3. The lowest BCUT2D eigenvalue weighted by molar-refractivity contribution is 0.0993. The van der Waals surface area contributed by atoms with Crippen LogP contribution in [-0.4, -0.2) is 29.1 Å². The third-order valence-corrected chi connectivity index (χ3v) is 3.88. The number of ether oxygens (including phenoxy) is 2. The molecule has 5 heteroatoms. The maximum absolute atomic E-state index is 12.3. The number of carbonyl (C=O) groups is 1. The van der Waals surface area contributed by atoms with Gasteiger partial charge in [-0.1, -0.05) is 23.9 Å². The van der Waals surface area contributed by atoms with Crippen LogP contribution in [0.5, 0.6) is 5.75 Å². The quantitative estimate of drug-likeness (QED) is 0.613. The fourth-order valence-corrected chi connectivity index (χ4v) is 2.83. The average Bonchev–Trinajstić information content (AvgIpc) is 2.38. The SMILES string of the molecule is CCOC(=S)SC(C)C(=O)c1ccc(C)c(OC)c1. The molecule has 0 aliphatic rings. The Balaban J connectivity index is 2.79. The summed E-state index contributed by atoms with van der Waals surface area (Å²) in [5.41, 5.74) is 1.63. The summed E-state index contributed by atoms with van der Waals surface area (Å²) in [7, 11) is 1.60. The summed E-state index contributed by atoms with van der Waals surface area (Å²) < 4.78 is 10.8. The minimum atomic E-state index is -0.272. The average molecular weight is 298 g/mol. The van der Waals surface area contributed by atoms with Crippen LogP contribution in [0.25, 0.3) is 0 Å². The molecule has 0 heterocycles. The number of ketones is 1. The predicted octanol–water partition coefficient (Wildman–Crippen LogP) is 3.63. The molecular formula is C14H18O3S2. The van der Waals surface area contributed by atoms with Crippen molar-refractivity contribution in [2.75, 3.05) is 13.7 Å². The highest BCUT2D eigenvalue weighted by molar-refractivity contribution is 8.23. The second kappa shape index (κ2) is 7.50. The molecule has 1 atom stereocenters. The van der Waals surface area contributed by atoms with E-state index in [-0.39, 0.29) is 11.0 Å². The molecule has 1 rings (SSSR count). The van der Waals surface area contributed by atoms with Gasteiger partial charge in [-0.2, -0.15) is 0 Å². The summed E-state index contributed by atoms with van der Waals surface area (Å²) in [4.78, 5) is 12.3. The standard InChI is InChI=1S/C14H18O3S2/c1-5-17-14(18)19-10(3)13(15)11-7-6-9(2)12(8-11)16-4/h6-8,10H,5H2,1-4H3. The monoisotopic (exact) mass is 298 g/mol. The molecule has 3 nitrogen and oxygen atoms in total. The Morgan fingerprint density at radius 3 is 2.74 bits per heavy atom. The lowest BCUT2D eigenvalue weighted by Crippen LogP contribution is -2.16. The van der Waals surface area contributed by atoms with Gasteiger partial charge in [0.15, 0.2) is 5.78 Å². The van der Waals surface area contributed by atoms with Crippen molar-refractivity contribution in [3.8, 4) is 5.75 Å². The summed E-state index contributed by atoms with van der Waals surface area (Å²) in [6.07, 6.45) is 0. The van der Waals surface area contributed by atoms with Crippen molar-refractivity contribution in [2.45, 2.75) is 26.0 Å². The number of methoxy groups -OCH3 is 1. The first-order valence-electron chi connectivity index (χ1n) is 6.01. The first kappa shape index (κ1) is 16.0. The van der Waals surface area contributed by atoms with E-state index in [9.17, 15) is 4.79 Å². The molecule has 0 saturated heterocycles. The van der Waals surface area contributed by atoms with E-state index in [1.165, 1.54) is 11.8 Å². The number of carbonyl (C=O) groups excluding carboxylic acids is 1. The van der Waals surface area contributed by atoms with Gasteiger partial charge in [0, 0.05) is 5.56 Å². The van der Waals surface area contributed by atoms with E-state index in [1.807, 2.05) is 26.8 Å². The summed E-state index contributed by atoms with van der Waals surface area (Å²) in [6, 6.07) is 5.45. The molecule has 0 aliphatic carbocycles. The van der Waals surface area contributed by atoms with E-state index in [2.05, 4.69) is 0 Å². The molecule has 0 N–H and O–H groups in total. The lowest BCUT2D eigenvalue weighted by atomic mass is 10.1. The van der Waals surface area contributed by atoms with Gasteiger partial charge in [-0.3, -0.25) is 4.79 Å².